The first-order valence-electron chi connectivity index (χ1n) is 13.0. The topological polar surface area (TPSA) is 98.6 Å². The number of fused-ring (bicyclic) bond motifs is 1. The zero-order valence-corrected chi connectivity index (χ0v) is 24.4. The molecule has 19 heteroatoms. The van der Waals surface area contributed by atoms with E-state index >= 15 is 0 Å². The Kier molecular flexibility index (Phi) is 9.55. The standard InChI is InChI=1S/C25H26F9N3O5S2/c1-14-19-9-35-37(18-6-4-17(26)5-7-18)20(19)8-15-2-3-16(22(14)15)10-36(43(38,39)12-24(29,30)31)11-21(23(27)28)42-44(40,41)13-25(32,33)34/h4-7,9,14,16,21,23H,2-3,8,10-13H2,1H3/t14-,16-,21?/m0/s1. The molecule has 0 bridgehead atoms. The molecule has 1 unspecified atom stereocenters. The minimum atomic E-state index is -5.71. The second-order valence-corrected chi connectivity index (χ2v) is 14.2. The van der Waals surface area contributed by atoms with Gasteiger partial charge in [0.15, 0.2) is 17.6 Å². The molecule has 4 rings (SSSR count). The van der Waals surface area contributed by atoms with Crippen molar-refractivity contribution in [1.82, 2.24) is 14.1 Å². The van der Waals surface area contributed by atoms with Crippen LogP contribution in [0.15, 0.2) is 41.6 Å². The number of allylic oxidation sites excluding steroid dienone is 1. The van der Waals surface area contributed by atoms with E-state index in [2.05, 4.69) is 9.28 Å². The fraction of sp³-hybridized carbons (Fsp3) is 0.560. The van der Waals surface area contributed by atoms with Crippen molar-refractivity contribution < 1.29 is 60.5 Å². The number of benzene rings is 1. The van der Waals surface area contributed by atoms with Gasteiger partial charge in [0.2, 0.25) is 10.0 Å². The lowest BCUT2D eigenvalue weighted by Crippen LogP contribution is -2.47. The molecule has 0 aliphatic heterocycles. The van der Waals surface area contributed by atoms with Gasteiger partial charge in [-0.3, -0.25) is 4.18 Å². The predicted molar refractivity (Wildman–Crippen MR) is 138 cm³/mol. The van der Waals surface area contributed by atoms with Gasteiger partial charge in [0.25, 0.3) is 16.5 Å². The lowest BCUT2D eigenvalue weighted by Gasteiger charge is -2.32. The molecule has 2 aliphatic carbocycles. The van der Waals surface area contributed by atoms with Crippen molar-refractivity contribution in [2.75, 3.05) is 24.6 Å². The molecule has 8 nitrogen and oxygen atoms in total. The zero-order chi connectivity index (χ0) is 32.8. The van der Waals surface area contributed by atoms with Gasteiger partial charge in [-0.15, -0.1) is 0 Å². The Morgan fingerprint density at radius 1 is 1.02 bits per heavy atom. The molecule has 1 aromatic heterocycles. The van der Waals surface area contributed by atoms with E-state index in [-0.39, 0.29) is 10.7 Å². The van der Waals surface area contributed by atoms with E-state index in [1.807, 2.05) is 0 Å². The number of hydrogen-bond donors (Lipinski definition) is 0. The summed E-state index contributed by atoms with van der Waals surface area (Å²) in [6, 6.07) is 5.50. The lowest BCUT2D eigenvalue weighted by atomic mass is 9.80. The highest BCUT2D eigenvalue weighted by molar-refractivity contribution is 7.89. The lowest BCUT2D eigenvalue weighted by molar-refractivity contribution is -0.109. The maximum Gasteiger partial charge on any atom is 0.405 e. The van der Waals surface area contributed by atoms with Gasteiger partial charge in [-0.1, -0.05) is 18.1 Å². The first-order valence-corrected chi connectivity index (χ1v) is 16.2. The third-order valence-corrected chi connectivity index (χ3v) is 10.4. The normalized spacial score (nSPS) is 20.4. The Morgan fingerprint density at radius 3 is 2.20 bits per heavy atom. The molecule has 1 heterocycles. The van der Waals surface area contributed by atoms with Crippen molar-refractivity contribution in [2.45, 2.75) is 57.0 Å². The minimum Gasteiger partial charge on any atom is -0.259 e. The van der Waals surface area contributed by atoms with Crippen LogP contribution in [0.3, 0.4) is 0 Å². The van der Waals surface area contributed by atoms with E-state index in [1.54, 1.807) is 11.6 Å². The van der Waals surface area contributed by atoms with Crippen LogP contribution in [0.25, 0.3) is 5.69 Å². The molecule has 0 spiro atoms. The Labute approximate surface area is 246 Å². The SMILES string of the molecule is C[C@@H]1C2=C(CC[C@H]2CN(CC(OS(=O)(=O)CC(F)(F)F)C(F)F)S(=O)(=O)CC(F)(F)F)Cc2c1cnn2-c1ccc(F)cc1. The highest BCUT2D eigenvalue weighted by Gasteiger charge is 2.45. The number of hydrogen-bond acceptors (Lipinski definition) is 6. The first kappa shape index (κ1) is 34.2. The summed E-state index contributed by atoms with van der Waals surface area (Å²) in [4.78, 5) is 0. The van der Waals surface area contributed by atoms with Crippen molar-refractivity contribution in [1.29, 1.82) is 0 Å². The number of nitrogens with zero attached hydrogens (tertiary/aromatic N) is 3. The van der Waals surface area contributed by atoms with Crippen LogP contribution in [-0.2, 0) is 30.7 Å². The Morgan fingerprint density at radius 2 is 1.64 bits per heavy atom. The van der Waals surface area contributed by atoms with Gasteiger partial charge in [-0.2, -0.15) is 44.2 Å². The van der Waals surface area contributed by atoms with Crippen LogP contribution in [0.2, 0.25) is 0 Å². The van der Waals surface area contributed by atoms with Gasteiger partial charge in [0, 0.05) is 31.0 Å². The summed E-state index contributed by atoms with van der Waals surface area (Å²) in [7, 11) is -11.1. The molecule has 0 N–H and O–H groups in total. The van der Waals surface area contributed by atoms with Crippen LogP contribution < -0.4 is 0 Å². The summed E-state index contributed by atoms with van der Waals surface area (Å²) in [5.74, 6) is -6.85. The van der Waals surface area contributed by atoms with Gasteiger partial charge in [-0.05, 0) is 43.0 Å². The molecule has 0 saturated heterocycles. The summed E-state index contributed by atoms with van der Waals surface area (Å²) in [6.45, 7) is -0.686. The minimum absolute atomic E-state index is 0.0191. The largest absolute Gasteiger partial charge is 0.405 e. The molecule has 1 aromatic carbocycles. The Balaban J connectivity index is 1.63. The Bertz CT molecular complexity index is 1600. The zero-order valence-electron chi connectivity index (χ0n) is 22.7. The smallest absolute Gasteiger partial charge is 0.259 e. The summed E-state index contributed by atoms with van der Waals surface area (Å²) < 4.78 is 173. The van der Waals surface area contributed by atoms with Crippen LogP contribution in [0.5, 0.6) is 0 Å². The van der Waals surface area contributed by atoms with Gasteiger partial charge in [-0.25, -0.2) is 26.3 Å². The van der Waals surface area contributed by atoms with Crippen molar-refractivity contribution in [3.8, 4) is 5.69 Å². The van der Waals surface area contributed by atoms with Crippen LogP contribution in [-0.4, -0.2) is 80.4 Å². The van der Waals surface area contributed by atoms with Crippen molar-refractivity contribution in [2.24, 2.45) is 5.92 Å². The number of sulfonamides is 1. The molecule has 44 heavy (non-hydrogen) atoms. The van der Waals surface area contributed by atoms with Gasteiger partial charge in [0.05, 0.1) is 17.6 Å². The second-order valence-electron chi connectivity index (χ2n) is 10.6. The number of rotatable bonds is 11. The molecular weight excluding hydrogens is 657 g/mol. The van der Waals surface area contributed by atoms with E-state index < -0.39 is 87.3 Å². The maximum absolute atomic E-state index is 13.8. The molecule has 3 atom stereocenters. The van der Waals surface area contributed by atoms with E-state index in [0.29, 0.717) is 29.7 Å². The summed E-state index contributed by atoms with van der Waals surface area (Å²) in [5.41, 5.74) is 3.44. The highest BCUT2D eigenvalue weighted by Crippen LogP contribution is 2.47. The third-order valence-electron chi connectivity index (χ3n) is 7.37. The molecule has 0 saturated carbocycles. The van der Waals surface area contributed by atoms with E-state index in [1.165, 1.54) is 30.5 Å². The van der Waals surface area contributed by atoms with E-state index in [0.717, 1.165) is 11.3 Å². The molecule has 246 valence electrons. The highest BCUT2D eigenvalue weighted by atomic mass is 32.2. The average Bonchev–Trinajstić information content (AvgIpc) is 3.45. The number of halogens is 9. The predicted octanol–water partition coefficient (Wildman–Crippen LogP) is 5.11. The second kappa shape index (κ2) is 12.3. The van der Waals surface area contributed by atoms with Gasteiger partial charge < -0.3 is 0 Å². The molecular formula is C25H26F9N3O5S2. The number of alkyl halides is 8. The Hall–Kier alpha value is -2.64. The molecule has 2 aliphatic rings. The monoisotopic (exact) mass is 683 g/mol. The van der Waals surface area contributed by atoms with E-state index in [9.17, 15) is 56.3 Å². The molecule has 0 radical (unpaired) electrons. The van der Waals surface area contributed by atoms with Crippen molar-refractivity contribution >= 4 is 20.1 Å². The maximum atomic E-state index is 13.8. The van der Waals surface area contributed by atoms with Crippen LogP contribution in [0.1, 0.15) is 36.9 Å². The van der Waals surface area contributed by atoms with Crippen molar-refractivity contribution in [3.63, 3.8) is 0 Å². The third kappa shape index (κ3) is 8.14. The number of aromatic nitrogens is 2. The average molecular weight is 684 g/mol. The van der Waals surface area contributed by atoms with E-state index in [4.69, 9.17) is 0 Å². The fourth-order valence-corrected chi connectivity index (χ4v) is 8.07. The summed E-state index contributed by atoms with van der Waals surface area (Å²) in [5, 5.41) is 4.36. The summed E-state index contributed by atoms with van der Waals surface area (Å²) >= 11 is 0. The molecule has 0 fully saturated rings. The first-order chi connectivity index (χ1) is 20.2. The quantitative estimate of drug-likeness (QED) is 0.186. The van der Waals surface area contributed by atoms with Gasteiger partial charge in [0.1, 0.15) is 5.82 Å². The molecule has 2 aromatic rings. The summed E-state index contributed by atoms with van der Waals surface area (Å²) in [6.07, 6.45) is -15.2. The van der Waals surface area contributed by atoms with Crippen LogP contribution in [0, 0.1) is 11.7 Å². The molecule has 0 amide bonds. The fourth-order valence-electron chi connectivity index (χ4n) is 5.70. The van der Waals surface area contributed by atoms with Crippen molar-refractivity contribution in [3.05, 3.63) is 58.7 Å². The van der Waals surface area contributed by atoms with Crippen LogP contribution in [0.4, 0.5) is 39.5 Å². The van der Waals surface area contributed by atoms with Gasteiger partial charge >= 0.3 is 12.4 Å². The van der Waals surface area contributed by atoms with Crippen LogP contribution >= 0.6 is 0 Å².